The maximum absolute atomic E-state index is 6.15. The molecule has 2 N–H and O–H groups in total. The predicted octanol–water partition coefficient (Wildman–Crippen LogP) is 2.87. The summed E-state index contributed by atoms with van der Waals surface area (Å²) in [4.78, 5) is 0. The number of halogens is 2. The van der Waals surface area contributed by atoms with E-state index in [-0.39, 0.29) is 6.04 Å². The Morgan fingerprint density at radius 2 is 2.24 bits per heavy atom. The van der Waals surface area contributed by atoms with Gasteiger partial charge in [0.25, 0.3) is 0 Å². The highest BCUT2D eigenvalue weighted by Crippen LogP contribution is 2.28. The van der Waals surface area contributed by atoms with Crippen LogP contribution in [0, 0.1) is 6.92 Å². The van der Waals surface area contributed by atoms with Crippen molar-refractivity contribution in [2.45, 2.75) is 19.4 Å². The highest BCUT2D eigenvalue weighted by Gasteiger charge is 2.18. The van der Waals surface area contributed by atoms with Crippen molar-refractivity contribution in [3.8, 4) is 0 Å². The SMILES string of the molecule is Cc1nn(C)c(Cl)c1CC(N)c1ccoc1Cl. The van der Waals surface area contributed by atoms with Crippen molar-refractivity contribution in [3.63, 3.8) is 0 Å². The van der Waals surface area contributed by atoms with Gasteiger partial charge in [-0.05, 0) is 31.0 Å². The molecule has 4 nitrogen and oxygen atoms in total. The molecule has 0 bridgehead atoms. The molecule has 0 spiro atoms. The van der Waals surface area contributed by atoms with Crippen LogP contribution in [0.15, 0.2) is 16.7 Å². The number of hydrogen-bond acceptors (Lipinski definition) is 3. The third-order valence-corrected chi connectivity index (χ3v) is 3.52. The van der Waals surface area contributed by atoms with E-state index in [0.717, 1.165) is 16.8 Å². The smallest absolute Gasteiger partial charge is 0.197 e. The van der Waals surface area contributed by atoms with E-state index < -0.39 is 0 Å². The molecule has 0 aliphatic heterocycles. The third-order valence-electron chi connectivity index (χ3n) is 2.74. The summed E-state index contributed by atoms with van der Waals surface area (Å²) in [5, 5.41) is 5.18. The van der Waals surface area contributed by atoms with Gasteiger partial charge >= 0.3 is 0 Å². The van der Waals surface area contributed by atoms with E-state index in [1.807, 2.05) is 6.92 Å². The monoisotopic (exact) mass is 273 g/mol. The Hall–Kier alpha value is -0.970. The molecule has 2 rings (SSSR count). The van der Waals surface area contributed by atoms with Gasteiger partial charge in [0.05, 0.1) is 12.0 Å². The molecule has 2 aromatic rings. The predicted molar refractivity (Wildman–Crippen MR) is 67.3 cm³/mol. The van der Waals surface area contributed by atoms with Gasteiger partial charge in [0, 0.05) is 24.2 Å². The highest BCUT2D eigenvalue weighted by molar-refractivity contribution is 6.30. The minimum atomic E-state index is -0.248. The Morgan fingerprint density at radius 3 is 2.71 bits per heavy atom. The molecule has 92 valence electrons. The highest BCUT2D eigenvalue weighted by atomic mass is 35.5. The second kappa shape index (κ2) is 4.72. The number of hydrogen-bond donors (Lipinski definition) is 1. The molecule has 1 atom stereocenters. The lowest BCUT2D eigenvalue weighted by molar-refractivity contribution is 0.560. The van der Waals surface area contributed by atoms with Gasteiger partial charge in [-0.15, -0.1) is 0 Å². The maximum Gasteiger partial charge on any atom is 0.197 e. The number of aryl methyl sites for hydroxylation is 2. The Balaban J connectivity index is 2.24. The van der Waals surface area contributed by atoms with Crippen molar-refractivity contribution in [3.05, 3.63) is 39.5 Å². The Bertz CT molecular complexity index is 533. The normalized spacial score (nSPS) is 13.0. The number of nitrogens with two attached hydrogens (primary N) is 1. The molecular formula is C11H13Cl2N3O. The van der Waals surface area contributed by atoms with Gasteiger partial charge in [-0.2, -0.15) is 5.10 Å². The summed E-state index contributed by atoms with van der Waals surface area (Å²) in [6.07, 6.45) is 2.10. The molecule has 2 aromatic heterocycles. The van der Waals surface area contributed by atoms with Crippen LogP contribution in [0.5, 0.6) is 0 Å². The summed E-state index contributed by atoms with van der Waals surface area (Å²) in [6, 6.07) is 1.52. The number of furan rings is 1. The van der Waals surface area contributed by atoms with Gasteiger partial charge in [-0.25, -0.2) is 0 Å². The van der Waals surface area contributed by atoms with Crippen LogP contribution in [0.4, 0.5) is 0 Å². The van der Waals surface area contributed by atoms with Gasteiger partial charge < -0.3 is 10.2 Å². The molecule has 0 aromatic carbocycles. The molecule has 17 heavy (non-hydrogen) atoms. The molecule has 0 saturated heterocycles. The van der Waals surface area contributed by atoms with E-state index >= 15 is 0 Å². The van der Waals surface area contributed by atoms with Crippen LogP contribution < -0.4 is 5.73 Å². The maximum atomic E-state index is 6.15. The molecule has 0 aliphatic rings. The van der Waals surface area contributed by atoms with Gasteiger partial charge in [0.15, 0.2) is 5.22 Å². The lowest BCUT2D eigenvalue weighted by Crippen LogP contribution is -2.13. The topological polar surface area (TPSA) is 57.0 Å². The number of aromatic nitrogens is 2. The quantitative estimate of drug-likeness (QED) is 0.936. The minimum absolute atomic E-state index is 0.248. The molecule has 0 fully saturated rings. The van der Waals surface area contributed by atoms with Crippen LogP contribution in [0.2, 0.25) is 10.4 Å². The van der Waals surface area contributed by atoms with Crippen LogP contribution in [0.1, 0.15) is 22.9 Å². The first-order valence-electron chi connectivity index (χ1n) is 5.17. The molecule has 0 saturated carbocycles. The summed E-state index contributed by atoms with van der Waals surface area (Å²) in [5.74, 6) is 0. The molecule has 0 amide bonds. The van der Waals surface area contributed by atoms with Crippen molar-refractivity contribution in [1.82, 2.24) is 9.78 Å². The van der Waals surface area contributed by atoms with E-state index in [9.17, 15) is 0 Å². The van der Waals surface area contributed by atoms with Crippen LogP contribution >= 0.6 is 23.2 Å². The van der Waals surface area contributed by atoms with Crippen molar-refractivity contribution in [1.29, 1.82) is 0 Å². The Labute approximate surface area is 109 Å². The summed E-state index contributed by atoms with van der Waals surface area (Å²) in [5.41, 5.74) is 8.69. The van der Waals surface area contributed by atoms with E-state index in [1.54, 1.807) is 17.8 Å². The first-order chi connectivity index (χ1) is 8.00. The zero-order valence-corrected chi connectivity index (χ0v) is 11.1. The summed E-state index contributed by atoms with van der Waals surface area (Å²) in [7, 11) is 1.80. The Morgan fingerprint density at radius 1 is 1.53 bits per heavy atom. The van der Waals surface area contributed by atoms with E-state index in [1.165, 1.54) is 6.26 Å². The molecule has 0 radical (unpaired) electrons. The van der Waals surface area contributed by atoms with Gasteiger partial charge in [0.2, 0.25) is 0 Å². The van der Waals surface area contributed by atoms with Gasteiger partial charge in [0.1, 0.15) is 5.15 Å². The second-order valence-corrected chi connectivity index (χ2v) is 4.64. The first-order valence-corrected chi connectivity index (χ1v) is 5.92. The van der Waals surface area contributed by atoms with Crippen molar-refractivity contribution in [2.24, 2.45) is 12.8 Å². The van der Waals surface area contributed by atoms with Gasteiger partial charge in [-0.3, -0.25) is 4.68 Å². The average Bonchev–Trinajstić information content (AvgIpc) is 2.78. The van der Waals surface area contributed by atoms with E-state index in [2.05, 4.69) is 5.10 Å². The van der Waals surface area contributed by atoms with Crippen LogP contribution in [-0.2, 0) is 13.5 Å². The summed E-state index contributed by atoms with van der Waals surface area (Å²) < 4.78 is 6.66. The van der Waals surface area contributed by atoms with Crippen LogP contribution in [0.3, 0.4) is 0 Å². The number of rotatable bonds is 3. The van der Waals surface area contributed by atoms with Crippen LogP contribution in [0.25, 0.3) is 0 Å². The first kappa shape index (κ1) is 12.5. The largest absolute Gasteiger partial charge is 0.453 e. The van der Waals surface area contributed by atoms with Crippen molar-refractivity contribution >= 4 is 23.2 Å². The minimum Gasteiger partial charge on any atom is -0.453 e. The van der Waals surface area contributed by atoms with Gasteiger partial charge in [-0.1, -0.05) is 11.6 Å². The summed E-state index contributed by atoms with van der Waals surface area (Å²) in [6.45, 7) is 1.91. The molecule has 6 heteroatoms. The standard InChI is InChI=1S/C11H13Cl2N3O/c1-6-8(10(12)16(2)15-6)5-9(14)7-3-4-17-11(7)13/h3-4,9H,5,14H2,1-2H3. The second-order valence-electron chi connectivity index (χ2n) is 3.94. The number of nitrogens with zero attached hydrogens (tertiary/aromatic N) is 2. The van der Waals surface area contributed by atoms with E-state index in [0.29, 0.717) is 16.8 Å². The molecular weight excluding hydrogens is 261 g/mol. The molecule has 2 heterocycles. The fraction of sp³-hybridized carbons (Fsp3) is 0.364. The fourth-order valence-corrected chi connectivity index (χ4v) is 2.31. The van der Waals surface area contributed by atoms with Crippen LogP contribution in [-0.4, -0.2) is 9.78 Å². The Kier molecular flexibility index (Phi) is 3.47. The fourth-order valence-electron chi connectivity index (χ4n) is 1.81. The van der Waals surface area contributed by atoms with E-state index in [4.69, 9.17) is 33.4 Å². The van der Waals surface area contributed by atoms with Crippen molar-refractivity contribution < 1.29 is 4.42 Å². The molecule has 1 unspecified atom stereocenters. The van der Waals surface area contributed by atoms with Crippen molar-refractivity contribution in [2.75, 3.05) is 0 Å². The lowest BCUT2D eigenvalue weighted by Gasteiger charge is -2.09. The zero-order valence-electron chi connectivity index (χ0n) is 9.58. The zero-order chi connectivity index (χ0) is 12.6. The third kappa shape index (κ3) is 2.34. The molecule has 0 aliphatic carbocycles. The summed E-state index contributed by atoms with van der Waals surface area (Å²) >= 11 is 12.0. The lowest BCUT2D eigenvalue weighted by atomic mass is 10.0. The average molecular weight is 274 g/mol.